The minimum absolute atomic E-state index is 0.116. The van der Waals surface area contributed by atoms with Crippen molar-refractivity contribution < 1.29 is 14.6 Å². The first kappa shape index (κ1) is 16.6. The van der Waals surface area contributed by atoms with Crippen molar-refractivity contribution in [3.63, 3.8) is 0 Å². The van der Waals surface area contributed by atoms with E-state index in [-0.39, 0.29) is 12.3 Å². The first-order valence-corrected chi connectivity index (χ1v) is 7.32. The number of hydrogen-bond donors (Lipinski definition) is 2. The van der Waals surface area contributed by atoms with Gasteiger partial charge in [0.1, 0.15) is 5.75 Å². The lowest BCUT2D eigenvalue weighted by Crippen LogP contribution is -2.16. The third-order valence-electron chi connectivity index (χ3n) is 3.03. The summed E-state index contributed by atoms with van der Waals surface area (Å²) in [5.74, 6) is 0.212. The van der Waals surface area contributed by atoms with Gasteiger partial charge >= 0.3 is 0 Å². The minimum Gasteiger partial charge on any atom is -0.495 e. The molecular formula is C16H15Cl2NO3. The molecule has 0 aliphatic rings. The summed E-state index contributed by atoms with van der Waals surface area (Å²) < 4.78 is 5.16. The molecule has 1 atom stereocenters. The van der Waals surface area contributed by atoms with Gasteiger partial charge in [-0.2, -0.15) is 0 Å². The predicted octanol–water partition coefficient (Wildman–Crippen LogP) is 4.06. The molecule has 0 aliphatic carbocycles. The molecule has 0 radical (unpaired) electrons. The lowest BCUT2D eigenvalue weighted by molar-refractivity contribution is -0.118. The average molecular weight is 340 g/mol. The number of hydrogen-bond acceptors (Lipinski definition) is 3. The Hall–Kier alpha value is -1.75. The first-order valence-electron chi connectivity index (χ1n) is 6.56. The van der Waals surface area contributed by atoms with Crippen LogP contribution >= 0.6 is 23.2 Å². The molecule has 0 aliphatic heterocycles. The van der Waals surface area contributed by atoms with Gasteiger partial charge in [-0.1, -0.05) is 35.3 Å². The number of benzene rings is 2. The quantitative estimate of drug-likeness (QED) is 0.863. The zero-order valence-corrected chi connectivity index (χ0v) is 13.4. The Morgan fingerprint density at radius 2 is 1.86 bits per heavy atom. The third-order valence-corrected chi connectivity index (χ3v) is 3.47. The zero-order valence-electron chi connectivity index (χ0n) is 11.8. The summed E-state index contributed by atoms with van der Waals surface area (Å²) in [5, 5.41) is 13.7. The van der Waals surface area contributed by atoms with E-state index in [0.29, 0.717) is 27.0 Å². The van der Waals surface area contributed by atoms with Crippen LogP contribution < -0.4 is 10.1 Å². The van der Waals surface area contributed by atoms with Crippen molar-refractivity contribution in [2.75, 3.05) is 12.4 Å². The summed E-state index contributed by atoms with van der Waals surface area (Å²) in [6.45, 7) is 0. The van der Waals surface area contributed by atoms with Crippen LogP contribution in [-0.4, -0.2) is 18.1 Å². The molecule has 2 N–H and O–H groups in total. The first-order chi connectivity index (χ1) is 10.5. The number of amides is 1. The standard InChI is InChI=1S/C16H15Cl2NO3/c1-22-15-5-3-2-4-13(15)19-16(21)9-14(20)10-6-11(17)8-12(18)7-10/h2-8,14,20H,9H2,1H3,(H,19,21). The molecule has 6 heteroatoms. The molecule has 2 aromatic carbocycles. The van der Waals surface area contributed by atoms with E-state index in [1.807, 2.05) is 0 Å². The lowest BCUT2D eigenvalue weighted by atomic mass is 10.1. The van der Waals surface area contributed by atoms with Gasteiger partial charge in [0, 0.05) is 10.0 Å². The van der Waals surface area contributed by atoms with Crippen molar-refractivity contribution in [2.24, 2.45) is 0 Å². The van der Waals surface area contributed by atoms with Crippen LogP contribution in [0, 0.1) is 0 Å². The molecule has 2 aromatic rings. The molecule has 0 saturated carbocycles. The van der Waals surface area contributed by atoms with Crippen LogP contribution in [0.2, 0.25) is 10.0 Å². The number of methoxy groups -OCH3 is 1. The van der Waals surface area contributed by atoms with Crippen LogP contribution in [0.1, 0.15) is 18.1 Å². The van der Waals surface area contributed by atoms with Crippen LogP contribution in [0.25, 0.3) is 0 Å². The Labute approximate surface area is 138 Å². The number of carbonyl (C=O) groups is 1. The smallest absolute Gasteiger partial charge is 0.227 e. The normalized spacial score (nSPS) is 11.8. The zero-order chi connectivity index (χ0) is 16.1. The molecule has 0 aromatic heterocycles. The summed E-state index contributed by atoms with van der Waals surface area (Å²) in [5.41, 5.74) is 1.04. The third kappa shape index (κ3) is 4.37. The molecule has 1 amide bonds. The number of para-hydroxylation sites is 2. The summed E-state index contributed by atoms with van der Waals surface area (Å²) in [4.78, 5) is 12.0. The van der Waals surface area contributed by atoms with Crippen molar-refractivity contribution in [3.05, 3.63) is 58.1 Å². The minimum atomic E-state index is -0.995. The molecular weight excluding hydrogens is 325 g/mol. The number of aliphatic hydroxyl groups excluding tert-OH is 1. The van der Waals surface area contributed by atoms with E-state index in [9.17, 15) is 9.90 Å². The summed E-state index contributed by atoms with van der Waals surface area (Å²) in [7, 11) is 1.52. The Morgan fingerprint density at radius 1 is 1.23 bits per heavy atom. The van der Waals surface area contributed by atoms with E-state index in [4.69, 9.17) is 27.9 Å². The van der Waals surface area contributed by atoms with Gasteiger partial charge in [0.25, 0.3) is 0 Å². The number of rotatable bonds is 5. The van der Waals surface area contributed by atoms with Gasteiger partial charge in [-0.05, 0) is 35.9 Å². The van der Waals surface area contributed by atoms with Crippen LogP contribution in [0.15, 0.2) is 42.5 Å². The van der Waals surface area contributed by atoms with Crippen LogP contribution in [0.3, 0.4) is 0 Å². The van der Waals surface area contributed by atoms with E-state index in [1.165, 1.54) is 7.11 Å². The molecule has 116 valence electrons. The molecule has 0 bridgehead atoms. The fraction of sp³-hybridized carbons (Fsp3) is 0.188. The van der Waals surface area contributed by atoms with Gasteiger partial charge in [0.2, 0.25) is 5.91 Å². The SMILES string of the molecule is COc1ccccc1NC(=O)CC(O)c1cc(Cl)cc(Cl)c1. The number of nitrogens with one attached hydrogen (secondary N) is 1. The lowest BCUT2D eigenvalue weighted by Gasteiger charge is -2.13. The molecule has 0 heterocycles. The summed E-state index contributed by atoms with van der Waals surface area (Å²) in [6, 6.07) is 11.8. The number of ether oxygens (including phenoxy) is 1. The Kier molecular flexibility index (Phi) is 5.66. The molecule has 0 fully saturated rings. The molecule has 0 spiro atoms. The fourth-order valence-corrected chi connectivity index (χ4v) is 2.55. The van der Waals surface area contributed by atoms with E-state index in [0.717, 1.165) is 0 Å². The Bertz CT molecular complexity index is 656. The highest BCUT2D eigenvalue weighted by molar-refractivity contribution is 6.34. The van der Waals surface area contributed by atoms with Crippen molar-refractivity contribution in [1.29, 1.82) is 0 Å². The highest BCUT2D eigenvalue weighted by Gasteiger charge is 2.15. The number of carbonyl (C=O) groups excluding carboxylic acids is 1. The van der Waals surface area contributed by atoms with Crippen LogP contribution in [0.5, 0.6) is 5.75 Å². The van der Waals surface area contributed by atoms with Crippen LogP contribution in [-0.2, 0) is 4.79 Å². The Morgan fingerprint density at radius 3 is 2.50 bits per heavy atom. The number of halogens is 2. The second-order valence-electron chi connectivity index (χ2n) is 4.67. The van der Waals surface area contributed by atoms with Crippen molar-refractivity contribution >= 4 is 34.8 Å². The van der Waals surface area contributed by atoms with E-state index in [1.54, 1.807) is 42.5 Å². The summed E-state index contributed by atoms with van der Waals surface area (Å²) in [6.07, 6.45) is -1.11. The topological polar surface area (TPSA) is 58.6 Å². The highest BCUT2D eigenvalue weighted by atomic mass is 35.5. The van der Waals surface area contributed by atoms with Crippen LogP contribution in [0.4, 0.5) is 5.69 Å². The van der Waals surface area contributed by atoms with Crippen molar-refractivity contribution in [3.8, 4) is 5.75 Å². The second-order valence-corrected chi connectivity index (χ2v) is 5.54. The van der Waals surface area contributed by atoms with Crippen molar-refractivity contribution in [1.82, 2.24) is 0 Å². The maximum Gasteiger partial charge on any atom is 0.227 e. The number of aliphatic hydroxyl groups is 1. The van der Waals surface area contributed by atoms with E-state index >= 15 is 0 Å². The number of anilines is 1. The average Bonchev–Trinajstić information content (AvgIpc) is 2.46. The van der Waals surface area contributed by atoms with Gasteiger partial charge in [0.05, 0.1) is 25.3 Å². The van der Waals surface area contributed by atoms with Gasteiger partial charge in [0.15, 0.2) is 0 Å². The van der Waals surface area contributed by atoms with Gasteiger partial charge in [-0.25, -0.2) is 0 Å². The van der Waals surface area contributed by atoms with E-state index < -0.39 is 6.10 Å². The molecule has 2 rings (SSSR count). The highest BCUT2D eigenvalue weighted by Crippen LogP contribution is 2.27. The van der Waals surface area contributed by atoms with Gasteiger partial charge in [-0.15, -0.1) is 0 Å². The van der Waals surface area contributed by atoms with E-state index in [2.05, 4.69) is 5.32 Å². The predicted molar refractivity (Wildman–Crippen MR) is 87.7 cm³/mol. The maximum atomic E-state index is 12.0. The largest absolute Gasteiger partial charge is 0.495 e. The molecule has 0 saturated heterocycles. The fourth-order valence-electron chi connectivity index (χ4n) is 2.01. The summed E-state index contributed by atoms with van der Waals surface area (Å²) >= 11 is 11.8. The molecule has 1 unspecified atom stereocenters. The van der Waals surface area contributed by atoms with Gasteiger partial charge in [-0.3, -0.25) is 4.79 Å². The maximum absolute atomic E-state index is 12.0. The van der Waals surface area contributed by atoms with Gasteiger partial charge < -0.3 is 15.2 Å². The monoisotopic (exact) mass is 339 g/mol. The molecule has 22 heavy (non-hydrogen) atoms. The second kappa shape index (κ2) is 7.49. The molecule has 4 nitrogen and oxygen atoms in total. The van der Waals surface area contributed by atoms with Crippen molar-refractivity contribution in [2.45, 2.75) is 12.5 Å². The Balaban J connectivity index is 2.05.